The van der Waals surface area contributed by atoms with Crippen molar-refractivity contribution in [1.82, 2.24) is 0 Å². The van der Waals surface area contributed by atoms with E-state index < -0.39 is 0 Å². The molecule has 0 aromatic rings. The first-order valence-electron chi connectivity index (χ1n) is 3.97. The smallest absolute Gasteiger partial charge is 0.316 e. The Labute approximate surface area is 148 Å². The van der Waals surface area contributed by atoms with Crippen LogP contribution in [-0.2, 0) is 19.1 Å². The summed E-state index contributed by atoms with van der Waals surface area (Å²) in [4.78, 5) is 21.8. The lowest BCUT2D eigenvalue weighted by atomic mass is 10.5. The molecule has 16 heavy (non-hydrogen) atoms. The summed E-state index contributed by atoms with van der Waals surface area (Å²) in [6.45, 7) is 0.477. The molecule has 4 nitrogen and oxygen atoms in total. The van der Waals surface area contributed by atoms with E-state index in [1.807, 2.05) is 45.2 Å². The first kappa shape index (κ1) is 17.6. The predicted octanol–water partition coefficient (Wildman–Crippen LogP) is 3.02. The van der Waals surface area contributed by atoms with Crippen molar-refractivity contribution in [2.24, 2.45) is 0 Å². The van der Waals surface area contributed by atoms with E-state index in [-0.39, 0.29) is 25.2 Å². The number of ether oxygens (including phenoxy) is 2. The molecule has 0 atom stereocenters. The molecule has 92 valence electrons. The lowest BCUT2D eigenvalue weighted by molar-refractivity contribution is -0.140. The first-order valence-corrected chi connectivity index (χ1v) is 9.18. The summed E-state index contributed by atoms with van der Waals surface area (Å²) in [7, 11) is 0. The second-order valence-corrected chi connectivity index (χ2v) is 6.53. The van der Waals surface area contributed by atoms with Crippen molar-refractivity contribution in [1.29, 1.82) is 0 Å². The molecule has 0 bridgehead atoms. The van der Waals surface area contributed by atoms with Gasteiger partial charge in [0.2, 0.25) is 0 Å². The Morgan fingerprint density at radius 3 is 1.38 bits per heavy atom. The number of esters is 2. The van der Waals surface area contributed by atoms with E-state index >= 15 is 0 Å². The fraction of sp³-hybridized carbons (Fsp3) is 0.500. The van der Waals surface area contributed by atoms with E-state index in [1.54, 1.807) is 0 Å². The largest absolute Gasteiger partial charge is 0.460 e. The Kier molecular flexibility index (Phi) is 11.6. The van der Waals surface area contributed by atoms with Gasteiger partial charge in [0.1, 0.15) is 13.2 Å². The zero-order valence-electron chi connectivity index (χ0n) is 7.97. The lowest BCUT2D eigenvalue weighted by Crippen LogP contribution is -2.09. The molecule has 0 N–H and O–H groups in total. The molecule has 0 aliphatic carbocycles. The van der Waals surface area contributed by atoms with Crippen LogP contribution in [0.4, 0.5) is 0 Å². The number of halogens is 4. The van der Waals surface area contributed by atoms with Crippen LogP contribution < -0.4 is 0 Å². The van der Waals surface area contributed by atoms with Gasteiger partial charge in [-0.2, -0.15) is 0 Å². The fourth-order valence-corrected chi connectivity index (χ4v) is 1.58. The Morgan fingerprint density at radius 1 is 0.812 bits per heavy atom. The number of hydrogen-bond donors (Lipinski definition) is 0. The predicted molar refractivity (Wildman–Crippen MR) is 94.8 cm³/mol. The number of carbonyl (C=O) groups excluding carboxylic acids is 2. The molecule has 0 saturated heterocycles. The molecule has 0 rings (SSSR count). The molecule has 0 fully saturated rings. The maximum atomic E-state index is 10.9. The summed E-state index contributed by atoms with van der Waals surface area (Å²) < 4.78 is 12.3. The maximum absolute atomic E-state index is 10.9. The van der Waals surface area contributed by atoms with Gasteiger partial charge in [-0.15, -0.1) is 0 Å². The van der Waals surface area contributed by atoms with Gasteiger partial charge in [-0.3, -0.25) is 9.59 Å². The van der Waals surface area contributed by atoms with Gasteiger partial charge in [-0.1, -0.05) is 45.2 Å². The Bertz CT molecular complexity index is 262. The van der Waals surface area contributed by atoms with Crippen molar-refractivity contribution >= 4 is 102 Å². The molecule has 0 unspecified atom stereocenters. The van der Waals surface area contributed by atoms with Gasteiger partial charge in [0.05, 0.1) is 8.86 Å². The van der Waals surface area contributed by atoms with Crippen LogP contribution in [0.3, 0.4) is 0 Å². The van der Waals surface area contributed by atoms with Gasteiger partial charge in [0.25, 0.3) is 0 Å². The van der Waals surface area contributed by atoms with Crippen molar-refractivity contribution in [3.05, 3.63) is 7.16 Å². The van der Waals surface area contributed by atoms with Crippen molar-refractivity contribution in [2.75, 3.05) is 22.1 Å². The first-order chi connectivity index (χ1) is 7.51. The molecular weight excluding hydrogens is 668 g/mol. The SMILES string of the molecule is O=C(CI)OCC(I)=C(I)COC(=O)CI. The average Bonchev–Trinajstić information content (AvgIpc) is 2.31. The number of alkyl halides is 2. The fourth-order valence-electron chi connectivity index (χ4n) is 0.521. The quantitative estimate of drug-likeness (QED) is 0.247. The minimum Gasteiger partial charge on any atom is -0.460 e. The van der Waals surface area contributed by atoms with Crippen LogP contribution >= 0.6 is 90.4 Å². The third-order valence-corrected chi connectivity index (χ3v) is 5.43. The molecule has 0 spiro atoms. The third-order valence-electron chi connectivity index (χ3n) is 1.23. The molecular formula is C8H8I4O4. The molecule has 0 radical (unpaired) electrons. The van der Waals surface area contributed by atoms with Crippen LogP contribution in [-0.4, -0.2) is 34.0 Å². The topological polar surface area (TPSA) is 52.6 Å². The number of carbonyl (C=O) groups is 2. The summed E-state index contributed by atoms with van der Waals surface area (Å²) >= 11 is 8.04. The molecule has 0 aliphatic heterocycles. The molecule has 0 aromatic carbocycles. The van der Waals surface area contributed by atoms with Gasteiger partial charge in [0, 0.05) is 7.16 Å². The monoisotopic (exact) mass is 676 g/mol. The van der Waals surface area contributed by atoms with E-state index in [1.165, 1.54) is 0 Å². The second kappa shape index (κ2) is 10.5. The van der Waals surface area contributed by atoms with Crippen molar-refractivity contribution < 1.29 is 19.1 Å². The van der Waals surface area contributed by atoms with Crippen molar-refractivity contribution in [2.45, 2.75) is 0 Å². The highest BCUT2D eigenvalue weighted by molar-refractivity contribution is 14.1. The van der Waals surface area contributed by atoms with Gasteiger partial charge >= 0.3 is 11.9 Å². The van der Waals surface area contributed by atoms with Gasteiger partial charge in [0.15, 0.2) is 0 Å². The van der Waals surface area contributed by atoms with Crippen LogP contribution in [0, 0.1) is 0 Å². The van der Waals surface area contributed by atoms with Gasteiger partial charge in [-0.05, 0) is 45.2 Å². The van der Waals surface area contributed by atoms with Crippen LogP contribution in [0.2, 0.25) is 0 Å². The molecule has 0 saturated carbocycles. The molecule has 0 amide bonds. The van der Waals surface area contributed by atoms with E-state index in [2.05, 4.69) is 45.2 Å². The summed E-state index contributed by atoms with van der Waals surface area (Å²) in [6.07, 6.45) is 0. The zero-order chi connectivity index (χ0) is 12.6. The minimum atomic E-state index is -0.247. The number of hydrogen-bond acceptors (Lipinski definition) is 4. The highest BCUT2D eigenvalue weighted by Gasteiger charge is 2.07. The zero-order valence-corrected chi connectivity index (χ0v) is 16.6. The summed E-state index contributed by atoms with van der Waals surface area (Å²) in [6, 6.07) is 0. The van der Waals surface area contributed by atoms with E-state index in [0.29, 0.717) is 8.86 Å². The van der Waals surface area contributed by atoms with Crippen molar-refractivity contribution in [3.63, 3.8) is 0 Å². The minimum absolute atomic E-state index is 0.239. The maximum Gasteiger partial charge on any atom is 0.316 e. The second-order valence-electron chi connectivity index (χ2n) is 2.40. The van der Waals surface area contributed by atoms with E-state index in [0.717, 1.165) is 7.16 Å². The van der Waals surface area contributed by atoms with Crippen LogP contribution in [0.25, 0.3) is 0 Å². The average molecular weight is 676 g/mol. The Morgan fingerprint density at radius 2 is 1.12 bits per heavy atom. The van der Waals surface area contributed by atoms with Gasteiger partial charge < -0.3 is 9.47 Å². The van der Waals surface area contributed by atoms with Crippen LogP contribution in [0.15, 0.2) is 7.16 Å². The lowest BCUT2D eigenvalue weighted by Gasteiger charge is -2.06. The number of rotatable bonds is 6. The molecule has 0 aromatic heterocycles. The summed E-state index contributed by atoms with van der Waals surface area (Å²) in [5.41, 5.74) is 0. The third kappa shape index (κ3) is 8.66. The van der Waals surface area contributed by atoms with Crippen molar-refractivity contribution in [3.8, 4) is 0 Å². The standard InChI is InChI=1S/C8H8I4O4/c9-1-7(13)15-3-5(11)6(12)4-16-8(14)2-10/h1-4H2. The van der Waals surface area contributed by atoms with Crippen LogP contribution in [0.1, 0.15) is 0 Å². The molecule has 0 heterocycles. The van der Waals surface area contributed by atoms with E-state index in [4.69, 9.17) is 9.47 Å². The van der Waals surface area contributed by atoms with Gasteiger partial charge in [-0.25, -0.2) is 0 Å². The summed E-state index contributed by atoms with van der Waals surface area (Å²) in [5, 5.41) is 0. The highest BCUT2D eigenvalue weighted by atomic mass is 127. The van der Waals surface area contributed by atoms with Crippen LogP contribution in [0.5, 0.6) is 0 Å². The Hall–Kier alpha value is 1.60. The normalized spacial score (nSPS) is 11.8. The van der Waals surface area contributed by atoms with E-state index in [9.17, 15) is 9.59 Å². The molecule has 0 aliphatic rings. The Balaban J connectivity index is 4.04. The molecule has 8 heteroatoms. The highest BCUT2D eigenvalue weighted by Crippen LogP contribution is 2.20. The summed E-state index contributed by atoms with van der Waals surface area (Å²) in [5.74, 6) is -0.494.